The lowest BCUT2D eigenvalue weighted by Gasteiger charge is -2.35. The molecular weight excluding hydrogens is 410 g/mol. The number of aromatic nitrogens is 2. The summed E-state index contributed by atoms with van der Waals surface area (Å²) >= 11 is 0. The van der Waals surface area contributed by atoms with Crippen LogP contribution in [0.4, 0.5) is 0 Å². The molecule has 2 N–H and O–H groups in total. The number of hydrogen-bond donors (Lipinski definition) is 2. The van der Waals surface area contributed by atoms with E-state index in [2.05, 4.69) is 33.9 Å². The van der Waals surface area contributed by atoms with E-state index in [9.17, 15) is 9.90 Å². The Balaban J connectivity index is 1.57. The molecular formula is C28H25N3O2. The molecule has 0 spiro atoms. The lowest BCUT2D eigenvalue weighted by Crippen LogP contribution is -2.41. The number of hydrogen-bond acceptors (Lipinski definition) is 3. The van der Waals surface area contributed by atoms with Crippen molar-refractivity contribution < 1.29 is 9.90 Å². The number of nitrogens with zero attached hydrogens (tertiary/aromatic N) is 2. The monoisotopic (exact) mass is 435 g/mol. The molecule has 2 aromatic carbocycles. The van der Waals surface area contributed by atoms with Crippen LogP contribution in [0.5, 0.6) is 0 Å². The number of carbonyl (C=O) groups excluding carboxylic acids is 1. The molecule has 1 aliphatic rings. The lowest BCUT2D eigenvalue weighted by molar-refractivity contribution is 0.0688. The third-order valence-electron chi connectivity index (χ3n) is 5.89. The number of H-pyrrole nitrogens is 1. The molecule has 0 saturated carbocycles. The van der Waals surface area contributed by atoms with Gasteiger partial charge in [-0.15, -0.1) is 0 Å². The van der Waals surface area contributed by atoms with Crippen LogP contribution in [0.15, 0.2) is 72.9 Å². The number of aromatic amines is 1. The van der Waals surface area contributed by atoms with Crippen molar-refractivity contribution in [1.29, 1.82) is 0 Å². The SMILES string of the molecule is CC(C)(O)C#Cc1cccc(C(=O)N2CCc3c([nH]c4ccccc34)[C@H]2c2ccccn2)c1. The molecule has 1 atom stereocenters. The molecule has 5 rings (SSSR count). The van der Waals surface area contributed by atoms with Crippen LogP contribution < -0.4 is 0 Å². The summed E-state index contributed by atoms with van der Waals surface area (Å²) in [6.07, 6.45) is 2.54. The van der Waals surface area contributed by atoms with E-state index in [0.717, 1.165) is 23.3 Å². The van der Waals surface area contributed by atoms with Gasteiger partial charge in [-0.3, -0.25) is 9.78 Å². The van der Waals surface area contributed by atoms with Crippen LogP contribution in [-0.4, -0.2) is 38.0 Å². The van der Waals surface area contributed by atoms with Crippen LogP contribution in [0.25, 0.3) is 10.9 Å². The molecule has 164 valence electrons. The fraction of sp³-hybridized carbons (Fsp3) is 0.214. The van der Waals surface area contributed by atoms with Crippen LogP contribution in [0.2, 0.25) is 0 Å². The highest BCUT2D eigenvalue weighted by Gasteiger charge is 2.35. The van der Waals surface area contributed by atoms with Gasteiger partial charge >= 0.3 is 0 Å². The van der Waals surface area contributed by atoms with Gasteiger partial charge in [0.05, 0.1) is 5.69 Å². The first-order chi connectivity index (χ1) is 15.9. The van der Waals surface area contributed by atoms with Crippen molar-refractivity contribution in [2.24, 2.45) is 0 Å². The predicted octanol–water partition coefficient (Wildman–Crippen LogP) is 4.47. The van der Waals surface area contributed by atoms with Crippen LogP contribution in [0, 0.1) is 11.8 Å². The molecule has 33 heavy (non-hydrogen) atoms. The largest absolute Gasteiger partial charge is 0.378 e. The van der Waals surface area contributed by atoms with E-state index in [1.54, 1.807) is 26.1 Å². The normalized spacial score (nSPS) is 15.6. The number of rotatable bonds is 2. The van der Waals surface area contributed by atoms with Crippen LogP contribution in [0.3, 0.4) is 0 Å². The zero-order valence-electron chi connectivity index (χ0n) is 18.7. The summed E-state index contributed by atoms with van der Waals surface area (Å²) in [5.74, 6) is 5.71. The summed E-state index contributed by atoms with van der Waals surface area (Å²) in [5.41, 5.74) is 4.34. The Morgan fingerprint density at radius 3 is 2.73 bits per heavy atom. The molecule has 4 aromatic rings. The van der Waals surface area contributed by atoms with E-state index in [4.69, 9.17) is 0 Å². The summed E-state index contributed by atoms with van der Waals surface area (Å²) < 4.78 is 0. The Kier molecular flexibility index (Phi) is 5.24. The van der Waals surface area contributed by atoms with Crippen molar-refractivity contribution in [3.63, 3.8) is 0 Å². The average Bonchev–Trinajstić information content (AvgIpc) is 3.21. The molecule has 5 nitrogen and oxygen atoms in total. The van der Waals surface area contributed by atoms with Crippen molar-refractivity contribution in [3.8, 4) is 11.8 Å². The number of nitrogens with one attached hydrogen (secondary N) is 1. The zero-order chi connectivity index (χ0) is 23.0. The Morgan fingerprint density at radius 1 is 1.12 bits per heavy atom. The third-order valence-corrected chi connectivity index (χ3v) is 5.89. The van der Waals surface area contributed by atoms with E-state index >= 15 is 0 Å². The molecule has 3 heterocycles. The standard InChI is InChI=1S/C28H25N3O2/c1-28(2,33)15-13-19-8-7-9-20(18-19)27(32)31-17-14-22-21-10-3-4-11-23(21)30-25(22)26(31)24-12-5-6-16-29-24/h3-12,16,18,26,30,33H,14,17H2,1-2H3/t26-/m1/s1. The number of benzene rings is 2. The summed E-state index contributed by atoms with van der Waals surface area (Å²) in [5, 5.41) is 11.1. The number of amides is 1. The maximum atomic E-state index is 13.7. The number of carbonyl (C=O) groups is 1. The van der Waals surface area contributed by atoms with Gasteiger partial charge in [0.25, 0.3) is 5.91 Å². The molecule has 1 aliphatic heterocycles. The summed E-state index contributed by atoms with van der Waals surface area (Å²) in [6.45, 7) is 3.87. The molecule has 0 bridgehead atoms. The molecule has 2 aromatic heterocycles. The van der Waals surface area contributed by atoms with E-state index in [-0.39, 0.29) is 11.9 Å². The molecule has 0 aliphatic carbocycles. The Bertz CT molecular complexity index is 1390. The Morgan fingerprint density at radius 2 is 1.94 bits per heavy atom. The smallest absolute Gasteiger partial charge is 0.254 e. The second-order valence-corrected chi connectivity index (χ2v) is 8.86. The first-order valence-electron chi connectivity index (χ1n) is 11.1. The van der Waals surface area contributed by atoms with Crippen molar-refractivity contribution in [2.75, 3.05) is 6.54 Å². The van der Waals surface area contributed by atoms with Gasteiger partial charge in [-0.2, -0.15) is 0 Å². The Labute approximate surface area is 193 Å². The molecule has 1 amide bonds. The van der Waals surface area contributed by atoms with E-state index < -0.39 is 5.60 Å². The Hall–Kier alpha value is -3.88. The van der Waals surface area contributed by atoms with Crippen LogP contribution in [-0.2, 0) is 6.42 Å². The fourth-order valence-corrected chi connectivity index (χ4v) is 4.43. The van der Waals surface area contributed by atoms with Crippen molar-refractivity contribution in [2.45, 2.75) is 31.9 Å². The van der Waals surface area contributed by atoms with Gasteiger partial charge in [-0.1, -0.05) is 42.2 Å². The summed E-state index contributed by atoms with van der Waals surface area (Å²) in [7, 11) is 0. The van der Waals surface area contributed by atoms with Crippen molar-refractivity contribution in [1.82, 2.24) is 14.9 Å². The first kappa shape index (κ1) is 21.0. The topological polar surface area (TPSA) is 69.2 Å². The maximum Gasteiger partial charge on any atom is 0.254 e. The molecule has 0 fully saturated rings. The van der Waals surface area contributed by atoms with E-state index in [0.29, 0.717) is 17.7 Å². The second-order valence-electron chi connectivity index (χ2n) is 8.86. The zero-order valence-corrected chi connectivity index (χ0v) is 18.7. The minimum atomic E-state index is -1.09. The number of pyridine rings is 1. The van der Waals surface area contributed by atoms with E-state index in [1.807, 2.05) is 53.4 Å². The molecule has 0 radical (unpaired) electrons. The highest BCUT2D eigenvalue weighted by Crippen LogP contribution is 2.38. The third kappa shape index (κ3) is 4.13. The van der Waals surface area contributed by atoms with Gasteiger partial charge in [0.2, 0.25) is 0 Å². The molecule has 0 saturated heterocycles. The number of fused-ring (bicyclic) bond motifs is 3. The summed E-state index contributed by atoms with van der Waals surface area (Å²) in [4.78, 5) is 23.8. The number of aliphatic hydroxyl groups is 1. The van der Waals surface area contributed by atoms with Gasteiger partial charge in [0.1, 0.15) is 11.6 Å². The molecule has 5 heteroatoms. The average molecular weight is 436 g/mol. The highest BCUT2D eigenvalue weighted by molar-refractivity contribution is 5.96. The maximum absolute atomic E-state index is 13.7. The summed E-state index contributed by atoms with van der Waals surface area (Å²) in [6, 6.07) is 21.0. The van der Waals surface area contributed by atoms with Gasteiger partial charge in [0.15, 0.2) is 0 Å². The van der Waals surface area contributed by atoms with Crippen molar-refractivity contribution in [3.05, 3.63) is 101 Å². The highest BCUT2D eigenvalue weighted by atomic mass is 16.3. The second kappa shape index (κ2) is 8.23. The van der Waals surface area contributed by atoms with Gasteiger partial charge in [-0.25, -0.2) is 0 Å². The predicted molar refractivity (Wildman–Crippen MR) is 129 cm³/mol. The minimum absolute atomic E-state index is 0.0677. The fourth-order valence-electron chi connectivity index (χ4n) is 4.43. The van der Waals surface area contributed by atoms with Gasteiger partial charge in [-0.05, 0) is 62.2 Å². The van der Waals surface area contributed by atoms with Crippen LogP contribution >= 0.6 is 0 Å². The van der Waals surface area contributed by atoms with Crippen molar-refractivity contribution >= 4 is 16.8 Å². The number of para-hydroxylation sites is 1. The lowest BCUT2D eigenvalue weighted by atomic mass is 9.94. The first-order valence-corrected chi connectivity index (χ1v) is 11.1. The van der Waals surface area contributed by atoms with E-state index in [1.165, 1.54) is 10.9 Å². The minimum Gasteiger partial charge on any atom is -0.378 e. The van der Waals surface area contributed by atoms with Crippen LogP contribution in [0.1, 0.15) is 52.8 Å². The van der Waals surface area contributed by atoms with Gasteiger partial charge in [0, 0.05) is 40.5 Å². The van der Waals surface area contributed by atoms with Gasteiger partial charge < -0.3 is 15.0 Å². The molecule has 0 unspecified atom stereocenters. The quantitative estimate of drug-likeness (QED) is 0.457.